The molecule has 5 heteroatoms. The van der Waals surface area contributed by atoms with Crippen molar-refractivity contribution in [3.63, 3.8) is 0 Å². The molecule has 1 aromatic rings. The fourth-order valence-electron chi connectivity index (χ4n) is 2.22. The molecule has 2 heterocycles. The molecule has 0 saturated carbocycles. The van der Waals surface area contributed by atoms with Crippen molar-refractivity contribution in [3.05, 3.63) is 18.2 Å². The van der Waals surface area contributed by atoms with Crippen LogP contribution < -0.4 is 10.6 Å². The van der Waals surface area contributed by atoms with E-state index in [0.29, 0.717) is 0 Å². The molecule has 0 radical (unpaired) electrons. The lowest BCUT2D eigenvalue weighted by Gasteiger charge is -2.32. The van der Waals surface area contributed by atoms with Gasteiger partial charge < -0.3 is 15.4 Å². The van der Waals surface area contributed by atoms with Crippen LogP contribution in [-0.4, -0.2) is 55.3 Å². The molecule has 2 N–H and O–H groups in total. The topological polar surface area (TPSA) is 49.4 Å². The molecule has 0 bridgehead atoms. The van der Waals surface area contributed by atoms with Crippen LogP contribution in [0.3, 0.4) is 0 Å². The van der Waals surface area contributed by atoms with E-state index in [4.69, 9.17) is 4.74 Å². The molecule has 1 aliphatic rings. The summed E-state index contributed by atoms with van der Waals surface area (Å²) in [5, 5.41) is 6.57. The lowest BCUT2D eigenvalue weighted by molar-refractivity contribution is -0.0192. The summed E-state index contributed by atoms with van der Waals surface area (Å²) < 4.78 is 5.76. The van der Waals surface area contributed by atoms with Crippen LogP contribution in [-0.2, 0) is 4.74 Å². The predicted molar refractivity (Wildman–Crippen MR) is 78.7 cm³/mol. The van der Waals surface area contributed by atoms with Crippen LogP contribution in [0.2, 0.25) is 0 Å². The Morgan fingerprint density at radius 1 is 1.32 bits per heavy atom. The maximum atomic E-state index is 5.76. The second-order valence-electron chi connectivity index (χ2n) is 4.71. The third-order valence-corrected chi connectivity index (χ3v) is 3.29. The predicted octanol–water partition coefficient (Wildman–Crippen LogP) is 1.65. The van der Waals surface area contributed by atoms with Gasteiger partial charge in [0.25, 0.3) is 0 Å². The molecule has 1 aliphatic heterocycles. The van der Waals surface area contributed by atoms with Gasteiger partial charge in [-0.3, -0.25) is 4.90 Å². The lowest BCUT2D eigenvalue weighted by atomic mass is 10.2. The molecule has 0 spiro atoms. The van der Waals surface area contributed by atoms with Crippen molar-refractivity contribution in [1.29, 1.82) is 0 Å². The van der Waals surface area contributed by atoms with E-state index in [1.165, 1.54) is 0 Å². The molecular formula is C14H24N4O. The normalized spacial score (nSPS) is 20.2. The van der Waals surface area contributed by atoms with Gasteiger partial charge in [-0.1, -0.05) is 13.0 Å². The molecule has 1 unspecified atom stereocenters. The van der Waals surface area contributed by atoms with Gasteiger partial charge in [-0.25, -0.2) is 4.98 Å². The highest BCUT2D eigenvalue weighted by atomic mass is 16.5. The number of hydrogen-bond donors (Lipinski definition) is 2. The molecule has 1 atom stereocenters. The smallest absolute Gasteiger partial charge is 0.128 e. The number of rotatable bonds is 6. The lowest BCUT2D eigenvalue weighted by Crippen LogP contribution is -2.45. The summed E-state index contributed by atoms with van der Waals surface area (Å²) in [5.74, 6) is 1.81. The summed E-state index contributed by atoms with van der Waals surface area (Å²) in [6.07, 6.45) is 0.248. The molecule has 0 aromatic carbocycles. The van der Waals surface area contributed by atoms with Gasteiger partial charge in [0.05, 0.1) is 12.7 Å². The minimum atomic E-state index is 0.248. The van der Waals surface area contributed by atoms with Crippen molar-refractivity contribution in [1.82, 2.24) is 9.88 Å². The fourth-order valence-corrected chi connectivity index (χ4v) is 2.22. The maximum absolute atomic E-state index is 5.76. The largest absolute Gasteiger partial charge is 0.374 e. The van der Waals surface area contributed by atoms with Crippen molar-refractivity contribution >= 4 is 11.6 Å². The van der Waals surface area contributed by atoms with Gasteiger partial charge in [0.2, 0.25) is 0 Å². The Bertz CT molecular complexity index is 385. The molecule has 106 valence electrons. The van der Waals surface area contributed by atoms with E-state index in [1.807, 2.05) is 18.2 Å². The number of likely N-dealkylation sites (N-methyl/N-ethyl adjacent to an activating group) is 1. The first-order valence-electron chi connectivity index (χ1n) is 7.10. The van der Waals surface area contributed by atoms with Crippen molar-refractivity contribution in [2.24, 2.45) is 0 Å². The zero-order chi connectivity index (χ0) is 13.5. The highest BCUT2D eigenvalue weighted by Gasteiger charge is 2.18. The second-order valence-corrected chi connectivity index (χ2v) is 4.71. The third kappa shape index (κ3) is 4.36. The Labute approximate surface area is 115 Å². The molecule has 19 heavy (non-hydrogen) atoms. The Balaban J connectivity index is 1.82. The van der Waals surface area contributed by atoms with E-state index in [9.17, 15) is 0 Å². The van der Waals surface area contributed by atoms with E-state index in [2.05, 4.69) is 34.4 Å². The van der Waals surface area contributed by atoms with Crippen LogP contribution >= 0.6 is 0 Å². The van der Waals surface area contributed by atoms with E-state index >= 15 is 0 Å². The van der Waals surface area contributed by atoms with E-state index < -0.39 is 0 Å². The first kappa shape index (κ1) is 14.1. The Morgan fingerprint density at radius 2 is 2.11 bits per heavy atom. The number of nitrogens with one attached hydrogen (secondary N) is 2. The maximum Gasteiger partial charge on any atom is 0.128 e. The zero-order valence-electron chi connectivity index (χ0n) is 11.9. The number of aromatic nitrogens is 1. The highest BCUT2D eigenvalue weighted by Crippen LogP contribution is 2.10. The van der Waals surface area contributed by atoms with Crippen LogP contribution in [0.1, 0.15) is 13.8 Å². The summed E-state index contributed by atoms with van der Waals surface area (Å²) in [4.78, 5) is 6.91. The van der Waals surface area contributed by atoms with Crippen molar-refractivity contribution in [3.8, 4) is 0 Å². The Morgan fingerprint density at radius 3 is 2.84 bits per heavy atom. The van der Waals surface area contributed by atoms with Crippen molar-refractivity contribution < 1.29 is 4.74 Å². The summed E-state index contributed by atoms with van der Waals surface area (Å²) in [7, 11) is 0. The SMILES string of the molecule is CCNc1cccc(NCC2CN(CC)CCO2)n1. The van der Waals surface area contributed by atoms with Gasteiger partial charge in [0.15, 0.2) is 0 Å². The highest BCUT2D eigenvalue weighted by molar-refractivity contribution is 5.45. The monoisotopic (exact) mass is 264 g/mol. The molecular weight excluding hydrogens is 240 g/mol. The number of anilines is 2. The van der Waals surface area contributed by atoms with Crippen LogP contribution in [0.4, 0.5) is 11.6 Å². The van der Waals surface area contributed by atoms with E-state index in [-0.39, 0.29) is 6.10 Å². The molecule has 1 fully saturated rings. The van der Waals surface area contributed by atoms with E-state index in [0.717, 1.165) is 51.0 Å². The third-order valence-electron chi connectivity index (χ3n) is 3.29. The van der Waals surface area contributed by atoms with Gasteiger partial charge in [-0.2, -0.15) is 0 Å². The summed E-state index contributed by atoms with van der Waals surface area (Å²) in [5.41, 5.74) is 0. The van der Waals surface area contributed by atoms with Crippen LogP contribution in [0.25, 0.3) is 0 Å². The Hall–Kier alpha value is -1.33. The number of morpholine rings is 1. The zero-order valence-corrected chi connectivity index (χ0v) is 11.9. The number of pyridine rings is 1. The molecule has 1 aromatic heterocycles. The average Bonchev–Trinajstić information content (AvgIpc) is 2.46. The van der Waals surface area contributed by atoms with Gasteiger partial charge in [0.1, 0.15) is 11.6 Å². The van der Waals surface area contributed by atoms with Crippen molar-refractivity contribution in [2.75, 3.05) is 50.0 Å². The summed E-state index contributed by atoms with van der Waals surface area (Å²) in [6.45, 7) is 9.90. The summed E-state index contributed by atoms with van der Waals surface area (Å²) >= 11 is 0. The summed E-state index contributed by atoms with van der Waals surface area (Å²) in [6, 6.07) is 5.97. The first-order chi connectivity index (χ1) is 9.31. The van der Waals surface area contributed by atoms with Crippen molar-refractivity contribution in [2.45, 2.75) is 20.0 Å². The second kappa shape index (κ2) is 7.31. The first-order valence-corrected chi connectivity index (χ1v) is 7.10. The quantitative estimate of drug-likeness (QED) is 0.818. The minimum absolute atomic E-state index is 0.248. The molecule has 0 aliphatic carbocycles. The number of hydrogen-bond acceptors (Lipinski definition) is 5. The average molecular weight is 264 g/mol. The molecule has 2 rings (SSSR count). The van der Waals surface area contributed by atoms with Gasteiger partial charge in [-0.15, -0.1) is 0 Å². The van der Waals surface area contributed by atoms with Gasteiger partial charge in [-0.05, 0) is 25.6 Å². The van der Waals surface area contributed by atoms with E-state index in [1.54, 1.807) is 0 Å². The fraction of sp³-hybridized carbons (Fsp3) is 0.643. The Kier molecular flexibility index (Phi) is 5.42. The van der Waals surface area contributed by atoms with Gasteiger partial charge in [0, 0.05) is 26.2 Å². The molecule has 1 saturated heterocycles. The van der Waals surface area contributed by atoms with Crippen LogP contribution in [0.15, 0.2) is 18.2 Å². The standard InChI is InChI=1S/C14H24N4O/c1-3-15-13-6-5-7-14(17-13)16-10-12-11-18(4-2)8-9-19-12/h5-7,12H,3-4,8-11H2,1-2H3,(H2,15,16,17). The minimum Gasteiger partial charge on any atom is -0.374 e. The number of ether oxygens (including phenoxy) is 1. The van der Waals surface area contributed by atoms with Crippen LogP contribution in [0, 0.1) is 0 Å². The van der Waals surface area contributed by atoms with Crippen LogP contribution in [0.5, 0.6) is 0 Å². The molecule has 5 nitrogen and oxygen atoms in total. The van der Waals surface area contributed by atoms with Gasteiger partial charge >= 0.3 is 0 Å². The molecule has 0 amide bonds. The number of nitrogens with zero attached hydrogens (tertiary/aromatic N) is 2.